The molecule has 3 aromatic rings. The molecule has 0 aliphatic heterocycles. The first-order chi connectivity index (χ1) is 13.6. The second kappa shape index (κ2) is 9.36. The minimum Gasteiger partial charge on any atom is -0.340 e. The van der Waals surface area contributed by atoms with E-state index in [0.29, 0.717) is 13.1 Å². The van der Waals surface area contributed by atoms with Gasteiger partial charge in [0, 0.05) is 31.9 Å². The highest BCUT2D eigenvalue weighted by molar-refractivity contribution is 5.83. The van der Waals surface area contributed by atoms with Crippen molar-refractivity contribution >= 4 is 11.9 Å². The van der Waals surface area contributed by atoms with Crippen LogP contribution in [0.25, 0.3) is 5.69 Å². The van der Waals surface area contributed by atoms with E-state index in [2.05, 4.69) is 15.7 Å². The summed E-state index contributed by atoms with van der Waals surface area (Å²) in [4.78, 5) is 25.7. The summed E-state index contributed by atoms with van der Waals surface area (Å²) >= 11 is 0. The summed E-state index contributed by atoms with van der Waals surface area (Å²) in [6.45, 7) is 0.762. The summed E-state index contributed by atoms with van der Waals surface area (Å²) in [7, 11) is 1.70. The van der Waals surface area contributed by atoms with Gasteiger partial charge in [-0.25, -0.2) is 9.48 Å². The number of urea groups is 1. The zero-order valence-electron chi connectivity index (χ0n) is 15.7. The van der Waals surface area contributed by atoms with Crippen LogP contribution in [-0.2, 0) is 17.9 Å². The van der Waals surface area contributed by atoms with Crippen LogP contribution in [0.2, 0.25) is 0 Å². The molecule has 0 saturated carbocycles. The van der Waals surface area contributed by atoms with Gasteiger partial charge in [-0.3, -0.25) is 4.79 Å². The van der Waals surface area contributed by atoms with Crippen molar-refractivity contribution in [3.05, 3.63) is 84.2 Å². The van der Waals surface area contributed by atoms with Gasteiger partial charge in [0.2, 0.25) is 5.91 Å². The number of nitrogens with one attached hydrogen (secondary N) is 2. The molecule has 0 atom stereocenters. The Hall–Kier alpha value is -3.61. The van der Waals surface area contributed by atoms with Crippen LogP contribution >= 0.6 is 0 Å². The van der Waals surface area contributed by atoms with E-state index in [1.54, 1.807) is 22.8 Å². The molecule has 0 saturated heterocycles. The monoisotopic (exact) mass is 377 g/mol. The minimum atomic E-state index is -0.373. The van der Waals surface area contributed by atoms with Crippen molar-refractivity contribution in [2.24, 2.45) is 0 Å². The Morgan fingerprint density at radius 3 is 2.36 bits per heavy atom. The van der Waals surface area contributed by atoms with Gasteiger partial charge in [-0.1, -0.05) is 48.5 Å². The quantitative estimate of drug-likeness (QED) is 0.663. The van der Waals surface area contributed by atoms with Crippen LogP contribution in [-0.4, -0.2) is 40.2 Å². The molecule has 3 rings (SSSR count). The second-order valence-electron chi connectivity index (χ2n) is 6.40. The number of amides is 3. The summed E-state index contributed by atoms with van der Waals surface area (Å²) in [5.74, 6) is -0.178. The van der Waals surface area contributed by atoms with Crippen LogP contribution in [0.5, 0.6) is 0 Å². The SMILES string of the molecule is CN(Cc1cnn(-c2ccccc2)c1)C(=O)CNC(=O)NCc1ccccc1. The molecule has 0 aliphatic rings. The highest BCUT2D eigenvalue weighted by Crippen LogP contribution is 2.09. The molecular formula is C21H23N5O2. The number of benzene rings is 2. The number of aromatic nitrogens is 2. The third-order valence-electron chi connectivity index (χ3n) is 4.20. The maximum Gasteiger partial charge on any atom is 0.315 e. The van der Waals surface area contributed by atoms with Gasteiger partial charge < -0.3 is 15.5 Å². The molecule has 144 valence electrons. The van der Waals surface area contributed by atoms with Crippen molar-refractivity contribution in [1.82, 2.24) is 25.3 Å². The lowest BCUT2D eigenvalue weighted by Gasteiger charge is -2.16. The molecule has 3 amide bonds. The second-order valence-corrected chi connectivity index (χ2v) is 6.40. The lowest BCUT2D eigenvalue weighted by molar-refractivity contribution is -0.129. The smallest absolute Gasteiger partial charge is 0.315 e. The van der Waals surface area contributed by atoms with Crippen molar-refractivity contribution in [2.45, 2.75) is 13.1 Å². The van der Waals surface area contributed by atoms with Gasteiger partial charge in [0.25, 0.3) is 0 Å². The Bertz CT molecular complexity index is 909. The first-order valence-electron chi connectivity index (χ1n) is 9.00. The fourth-order valence-electron chi connectivity index (χ4n) is 2.66. The molecule has 2 N–H and O–H groups in total. The van der Waals surface area contributed by atoms with Gasteiger partial charge in [-0.2, -0.15) is 5.10 Å². The first-order valence-corrected chi connectivity index (χ1v) is 9.00. The maximum absolute atomic E-state index is 12.3. The summed E-state index contributed by atoms with van der Waals surface area (Å²) in [6, 6.07) is 19.0. The minimum absolute atomic E-state index is 0.0655. The van der Waals surface area contributed by atoms with Crippen molar-refractivity contribution in [3.8, 4) is 5.69 Å². The molecule has 7 nitrogen and oxygen atoms in total. The van der Waals surface area contributed by atoms with Gasteiger partial charge >= 0.3 is 6.03 Å². The number of para-hydroxylation sites is 1. The molecule has 0 radical (unpaired) electrons. The van der Waals surface area contributed by atoms with E-state index in [0.717, 1.165) is 16.8 Å². The van der Waals surface area contributed by atoms with Crippen LogP contribution in [0.15, 0.2) is 73.1 Å². The van der Waals surface area contributed by atoms with Gasteiger partial charge in [0.1, 0.15) is 0 Å². The number of carbonyl (C=O) groups is 2. The fourth-order valence-corrected chi connectivity index (χ4v) is 2.66. The number of carbonyl (C=O) groups excluding carboxylic acids is 2. The molecule has 0 aliphatic carbocycles. The zero-order chi connectivity index (χ0) is 19.8. The number of hydrogen-bond acceptors (Lipinski definition) is 3. The summed E-state index contributed by atoms with van der Waals surface area (Å²) < 4.78 is 1.77. The fraction of sp³-hybridized carbons (Fsp3) is 0.190. The van der Waals surface area contributed by atoms with Gasteiger partial charge in [0.15, 0.2) is 0 Å². The number of hydrogen-bond donors (Lipinski definition) is 2. The van der Waals surface area contributed by atoms with Crippen LogP contribution < -0.4 is 10.6 Å². The molecule has 7 heteroatoms. The predicted molar refractivity (Wildman–Crippen MR) is 107 cm³/mol. The van der Waals surface area contributed by atoms with Crippen LogP contribution in [0.4, 0.5) is 4.79 Å². The Morgan fingerprint density at radius 1 is 0.964 bits per heavy atom. The lowest BCUT2D eigenvalue weighted by Crippen LogP contribution is -2.42. The maximum atomic E-state index is 12.3. The van der Waals surface area contributed by atoms with E-state index in [9.17, 15) is 9.59 Å². The van der Waals surface area contributed by atoms with E-state index in [4.69, 9.17) is 0 Å². The Kier molecular flexibility index (Phi) is 6.41. The molecule has 2 aromatic carbocycles. The third kappa shape index (κ3) is 5.44. The number of nitrogens with zero attached hydrogens (tertiary/aromatic N) is 3. The highest BCUT2D eigenvalue weighted by atomic mass is 16.2. The number of rotatable bonds is 7. The Morgan fingerprint density at radius 2 is 1.64 bits per heavy atom. The molecule has 0 spiro atoms. The first kappa shape index (κ1) is 19.2. The molecule has 28 heavy (non-hydrogen) atoms. The van der Waals surface area contributed by atoms with E-state index in [-0.39, 0.29) is 18.5 Å². The van der Waals surface area contributed by atoms with Gasteiger partial charge in [-0.15, -0.1) is 0 Å². The van der Waals surface area contributed by atoms with Crippen molar-refractivity contribution < 1.29 is 9.59 Å². The predicted octanol–water partition coefficient (Wildman–Crippen LogP) is 2.33. The van der Waals surface area contributed by atoms with E-state index in [1.807, 2.05) is 66.9 Å². The van der Waals surface area contributed by atoms with Gasteiger partial charge in [0.05, 0.1) is 18.4 Å². The molecule has 1 heterocycles. The third-order valence-corrected chi connectivity index (χ3v) is 4.20. The standard InChI is InChI=1S/C21H23N5O2/c1-25(15-18-13-24-26(16-18)19-10-6-3-7-11-19)20(27)14-23-21(28)22-12-17-8-4-2-5-9-17/h2-11,13,16H,12,14-15H2,1H3,(H2,22,23,28). The highest BCUT2D eigenvalue weighted by Gasteiger charge is 2.12. The average Bonchev–Trinajstić information content (AvgIpc) is 3.20. The number of likely N-dealkylation sites (N-methyl/N-ethyl adjacent to an activating group) is 1. The van der Waals surface area contributed by atoms with Crippen LogP contribution in [0.3, 0.4) is 0 Å². The Balaban J connectivity index is 1.43. The van der Waals surface area contributed by atoms with Crippen LogP contribution in [0, 0.1) is 0 Å². The van der Waals surface area contributed by atoms with Crippen LogP contribution in [0.1, 0.15) is 11.1 Å². The van der Waals surface area contributed by atoms with Gasteiger partial charge in [-0.05, 0) is 17.7 Å². The topological polar surface area (TPSA) is 79.3 Å². The van der Waals surface area contributed by atoms with Crippen molar-refractivity contribution in [1.29, 1.82) is 0 Å². The molecule has 0 unspecified atom stereocenters. The lowest BCUT2D eigenvalue weighted by atomic mass is 10.2. The molecule has 1 aromatic heterocycles. The average molecular weight is 377 g/mol. The normalized spacial score (nSPS) is 10.3. The van der Waals surface area contributed by atoms with Crippen molar-refractivity contribution in [3.63, 3.8) is 0 Å². The van der Waals surface area contributed by atoms with Crippen molar-refractivity contribution in [2.75, 3.05) is 13.6 Å². The largest absolute Gasteiger partial charge is 0.340 e. The summed E-state index contributed by atoms with van der Waals surface area (Å²) in [6.07, 6.45) is 3.62. The Labute approximate surface area is 164 Å². The van der Waals surface area contributed by atoms with E-state index in [1.165, 1.54) is 0 Å². The summed E-state index contributed by atoms with van der Waals surface area (Å²) in [5, 5.41) is 9.64. The zero-order valence-corrected chi connectivity index (χ0v) is 15.7. The molecule has 0 fully saturated rings. The summed E-state index contributed by atoms with van der Waals surface area (Å²) in [5.41, 5.74) is 2.87. The van der Waals surface area contributed by atoms with E-state index >= 15 is 0 Å². The molecular weight excluding hydrogens is 354 g/mol. The molecule has 0 bridgehead atoms. The van der Waals surface area contributed by atoms with E-state index < -0.39 is 0 Å².